The number of carbonyl (C=O) groups excluding carboxylic acids is 1. The molecule has 0 saturated carbocycles. The van der Waals surface area contributed by atoms with Crippen LogP contribution in [0.2, 0.25) is 0 Å². The van der Waals surface area contributed by atoms with Crippen LogP contribution in [0, 0.1) is 0 Å². The molecule has 0 N–H and O–H groups in total. The summed E-state index contributed by atoms with van der Waals surface area (Å²) >= 11 is 1.63. The van der Waals surface area contributed by atoms with Crippen LogP contribution in [0.15, 0.2) is 59.5 Å². The van der Waals surface area contributed by atoms with Gasteiger partial charge in [0.2, 0.25) is 11.7 Å². The predicted molar refractivity (Wildman–Crippen MR) is 163 cm³/mol. The minimum absolute atomic E-state index is 0.0634. The van der Waals surface area contributed by atoms with E-state index in [9.17, 15) is 4.79 Å². The lowest BCUT2D eigenvalue weighted by Crippen LogP contribution is -2.46. The number of fused-ring (bicyclic) bond motifs is 1. The average molecular weight is 581 g/mol. The van der Waals surface area contributed by atoms with E-state index >= 15 is 0 Å². The van der Waals surface area contributed by atoms with Gasteiger partial charge in [-0.3, -0.25) is 4.79 Å². The van der Waals surface area contributed by atoms with Crippen molar-refractivity contribution in [3.05, 3.63) is 65.7 Å². The molecule has 8 nitrogen and oxygen atoms in total. The first kappa shape index (κ1) is 30.4. The van der Waals surface area contributed by atoms with Crippen molar-refractivity contribution in [2.75, 3.05) is 67.6 Å². The zero-order valence-corrected chi connectivity index (χ0v) is 25.8. The summed E-state index contributed by atoms with van der Waals surface area (Å²) < 4.78 is 26.8. The number of likely N-dealkylation sites (N-methyl/N-ethyl adjacent to an activating group) is 2. The molecule has 41 heavy (non-hydrogen) atoms. The van der Waals surface area contributed by atoms with E-state index in [-0.39, 0.29) is 5.91 Å². The number of para-hydroxylation sites is 1. The van der Waals surface area contributed by atoms with Gasteiger partial charge in [0.15, 0.2) is 23.0 Å². The van der Waals surface area contributed by atoms with Gasteiger partial charge in [-0.1, -0.05) is 18.2 Å². The van der Waals surface area contributed by atoms with Crippen molar-refractivity contribution in [3.63, 3.8) is 0 Å². The Bertz CT molecular complexity index is 1340. The summed E-state index contributed by atoms with van der Waals surface area (Å²) in [6.45, 7) is 1.67. The van der Waals surface area contributed by atoms with Crippen LogP contribution in [-0.2, 0) is 16.0 Å². The third-order valence-electron chi connectivity index (χ3n) is 7.59. The number of ether oxygens (including phenoxy) is 5. The second-order valence-electron chi connectivity index (χ2n) is 10.0. The number of hydrogen-bond acceptors (Lipinski definition) is 8. The van der Waals surface area contributed by atoms with Gasteiger partial charge < -0.3 is 33.5 Å². The summed E-state index contributed by atoms with van der Waals surface area (Å²) in [6, 6.07) is 17.9. The molecular formula is C32H40N2O6S. The van der Waals surface area contributed by atoms with Crippen LogP contribution in [0.1, 0.15) is 24.0 Å². The lowest BCUT2D eigenvalue weighted by molar-refractivity contribution is -0.121. The van der Waals surface area contributed by atoms with Gasteiger partial charge in [-0.15, -0.1) is 11.8 Å². The number of hydrogen-bond donors (Lipinski definition) is 0. The summed E-state index contributed by atoms with van der Waals surface area (Å²) in [5.74, 6) is 3.21. The number of nitrogens with zero attached hydrogens (tertiary/aromatic N) is 2. The number of rotatable bonds is 13. The van der Waals surface area contributed by atoms with Gasteiger partial charge in [0.25, 0.3) is 0 Å². The molecule has 3 aromatic rings. The number of benzene rings is 3. The number of carbonyl (C=O) groups is 1. The van der Waals surface area contributed by atoms with Crippen molar-refractivity contribution >= 4 is 23.4 Å². The van der Waals surface area contributed by atoms with Crippen molar-refractivity contribution in [3.8, 4) is 28.7 Å². The maximum Gasteiger partial charge on any atom is 0.247 e. The molecule has 1 amide bonds. The Hall–Kier alpha value is -3.56. The molecule has 9 heteroatoms. The lowest BCUT2D eigenvalue weighted by Gasteiger charge is -2.41. The van der Waals surface area contributed by atoms with E-state index in [1.54, 1.807) is 52.2 Å². The van der Waals surface area contributed by atoms with Gasteiger partial charge in [0, 0.05) is 18.5 Å². The van der Waals surface area contributed by atoms with Crippen LogP contribution in [0.25, 0.3) is 0 Å². The van der Waals surface area contributed by atoms with E-state index in [4.69, 9.17) is 23.7 Å². The Balaban J connectivity index is 1.53. The monoisotopic (exact) mass is 580 g/mol. The zero-order valence-electron chi connectivity index (χ0n) is 25.0. The molecule has 0 fully saturated rings. The first-order valence-electron chi connectivity index (χ1n) is 13.6. The Morgan fingerprint density at radius 3 is 2.10 bits per heavy atom. The summed E-state index contributed by atoms with van der Waals surface area (Å²) in [5.41, 5.74) is 2.94. The topological polar surface area (TPSA) is 69.7 Å². The largest absolute Gasteiger partial charge is 0.493 e. The summed E-state index contributed by atoms with van der Waals surface area (Å²) in [7, 11) is 12.1. The van der Waals surface area contributed by atoms with Crippen LogP contribution in [-0.4, -0.2) is 73.5 Å². The second-order valence-corrected chi connectivity index (χ2v) is 11.4. The van der Waals surface area contributed by atoms with Crippen LogP contribution in [0.5, 0.6) is 28.7 Å². The van der Waals surface area contributed by atoms with Crippen LogP contribution < -0.4 is 28.6 Å². The Labute approximate surface area is 247 Å². The quantitative estimate of drug-likeness (QED) is 0.257. The van der Waals surface area contributed by atoms with Gasteiger partial charge >= 0.3 is 0 Å². The summed E-state index contributed by atoms with van der Waals surface area (Å²) in [6.07, 6.45) is 2.31. The van der Waals surface area contributed by atoms with Crippen molar-refractivity contribution in [2.45, 2.75) is 28.9 Å². The molecule has 1 aliphatic heterocycles. The Morgan fingerprint density at radius 1 is 0.805 bits per heavy atom. The molecule has 0 saturated heterocycles. The average Bonchev–Trinajstić information content (AvgIpc) is 3.01. The van der Waals surface area contributed by atoms with E-state index in [1.807, 2.05) is 55.6 Å². The zero-order chi connectivity index (χ0) is 29.6. The Kier molecular flexibility index (Phi) is 9.94. The number of methoxy groups -OCH3 is 5. The first-order chi connectivity index (χ1) is 19.8. The van der Waals surface area contributed by atoms with Crippen molar-refractivity contribution < 1.29 is 28.5 Å². The van der Waals surface area contributed by atoms with Crippen molar-refractivity contribution in [1.82, 2.24) is 4.90 Å². The van der Waals surface area contributed by atoms with Crippen LogP contribution in [0.3, 0.4) is 0 Å². The second kappa shape index (κ2) is 13.4. The van der Waals surface area contributed by atoms with E-state index in [0.29, 0.717) is 35.2 Å². The van der Waals surface area contributed by atoms with Gasteiger partial charge in [-0.25, -0.2) is 0 Å². The molecule has 0 spiro atoms. The van der Waals surface area contributed by atoms with Crippen molar-refractivity contribution in [2.24, 2.45) is 0 Å². The number of anilines is 1. The highest BCUT2D eigenvalue weighted by Gasteiger charge is 2.47. The predicted octanol–water partition coefficient (Wildman–Crippen LogP) is 5.65. The molecule has 1 atom stereocenters. The molecule has 1 aliphatic rings. The normalized spacial score (nSPS) is 16.4. The van der Waals surface area contributed by atoms with E-state index < -0.39 is 4.75 Å². The van der Waals surface area contributed by atoms with E-state index in [2.05, 4.69) is 18.0 Å². The fourth-order valence-electron chi connectivity index (χ4n) is 5.31. The summed E-state index contributed by atoms with van der Waals surface area (Å²) in [5, 5.41) is 0. The highest BCUT2D eigenvalue weighted by atomic mass is 32.2. The summed E-state index contributed by atoms with van der Waals surface area (Å²) in [4.78, 5) is 19.3. The molecule has 0 aliphatic carbocycles. The molecule has 220 valence electrons. The van der Waals surface area contributed by atoms with Gasteiger partial charge in [0.05, 0.1) is 41.2 Å². The molecule has 1 unspecified atom stereocenters. The van der Waals surface area contributed by atoms with Gasteiger partial charge in [0.1, 0.15) is 4.75 Å². The number of thioether (sulfide) groups is 1. The maximum absolute atomic E-state index is 14.1. The van der Waals surface area contributed by atoms with Crippen LogP contribution in [0.4, 0.5) is 5.69 Å². The highest BCUT2D eigenvalue weighted by molar-refractivity contribution is 8.01. The SMILES string of the molecule is COc1ccc(C2(CCCN(C)CCc3cc(OC)c(OC)c(OC)c3)Sc3ccccc3N(C)C2=O)cc1OC. The highest BCUT2D eigenvalue weighted by Crippen LogP contribution is 2.53. The fourth-order valence-corrected chi connectivity index (χ4v) is 6.86. The standard InChI is InChI=1S/C32H40N2O6S/c1-33(18-15-22-19-27(38-5)30(40-7)28(20-22)39-6)17-10-16-32(23-13-14-25(36-3)26(21-23)37-4)31(35)34(2)24-11-8-9-12-29(24)41-32/h8-9,11-14,19-21H,10,15-18H2,1-7H3. The molecule has 1 heterocycles. The molecule has 0 radical (unpaired) electrons. The van der Waals surface area contributed by atoms with Gasteiger partial charge in [-0.05, 0) is 80.4 Å². The van der Waals surface area contributed by atoms with Crippen LogP contribution >= 0.6 is 11.8 Å². The minimum atomic E-state index is -0.791. The van der Waals surface area contributed by atoms with Crippen molar-refractivity contribution in [1.29, 1.82) is 0 Å². The smallest absolute Gasteiger partial charge is 0.247 e. The Morgan fingerprint density at radius 2 is 1.46 bits per heavy atom. The third kappa shape index (κ3) is 6.21. The van der Waals surface area contributed by atoms with E-state index in [1.165, 1.54) is 0 Å². The molecule has 3 aromatic carbocycles. The molecular weight excluding hydrogens is 540 g/mol. The molecule has 4 rings (SSSR count). The van der Waals surface area contributed by atoms with Gasteiger partial charge in [-0.2, -0.15) is 0 Å². The first-order valence-corrected chi connectivity index (χ1v) is 14.4. The minimum Gasteiger partial charge on any atom is -0.493 e. The maximum atomic E-state index is 14.1. The lowest BCUT2D eigenvalue weighted by atomic mass is 9.90. The third-order valence-corrected chi connectivity index (χ3v) is 9.11. The number of amides is 1. The fraction of sp³-hybridized carbons (Fsp3) is 0.406. The molecule has 0 bridgehead atoms. The van der Waals surface area contributed by atoms with E-state index in [0.717, 1.165) is 47.6 Å². The molecule has 0 aromatic heterocycles.